The quantitative estimate of drug-likeness (QED) is 0.574. The number of piperidine rings is 1. The summed E-state index contributed by atoms with van der Waals surface area (Å²) in [5, 5.41) is 1.20. The Kier molecular flexibility index (Phi) is 6.41. The number of H-pyrrole nitrogens is 1. The molecular formula is C24H27N3O2S2. The molecule has 5 nitrogen and oxygen atoms in total. The summed E-state index contributed by atoms with van der Waals surface area (Å²) in [5.41, 5.74) is 3.60. The number of rotatable bonds is 5. The summed E-state index contributed by atoms with van der Waals surface area (Å²) in [7, 11) is 0. The van der Waals surface area contributed by atoms with Crippen LogP contribution in [0.4, 0.5) is 0 Å². The van der Waals surface area contributed by atoms with Crippen LogP contribution in [0, 0.1) is 0 Å². The van der Waals surface area contributed by atoms with Crippen molar-refractivity contribution in [2.24, 2.45) is 0 Å². The van der Waals surface area contributed by atoms with Crippen LogP contribution in [0.5, 0.6) is 5.75 Å². The molecule has 5 rings (SSSR count). The number of nitrogens with one attached hydrogen (secondary N) is 1. The highest BCUT2D eigenvalue weighted by atomic mass is 32.2. The fourth-order valence-corrected chi connectivity index (χ4v) is 7.29. The molecule has 0 atom stereocenters. The first-order valence-electron chi connectivity index (χ1n) is 10.9. The smallest absolute Gasteiger partial charge is 0.260 e. The van der Waals surface area contributed by atoms with E-state index in [1.54, 1.807) is 0 Å². The number of hydrogen-bond acceptors (Lipinski definition) is 5. The number of nitrogens with zero attached hydrogens (tertiary/aromatic N) is 2. The number of thioether (sulfide) groups is 2. The van der Waals surface area contributed by atoms with Gasteiger partial charge >= 0.3 is 0 Å². The van der Waals surface area contributed by atoms with Crippen molar-refractivity contribution in [3.63, 3.8) is 0 Å². The number of likely N-dealkylation sites (tertiary alicyclic amines) is 1. The maximum atomic E-state index is 12.7. The van der Waals surface area contributed by atoms with Gasteiger partial charge in [0.1, 0.15) is 11.4 Å². The van der Waals surface area contributed by atoms with Gasteiger partial charge in [-0.1, -0.05) is 12.1 Å². The van der Waals surface area contributed by atoms with E-state index >= 15 is 0 Å². The number of benzene rings is 1. The third-order valence-corrected chi connectivity index (χ3v) is 9.13. The van der Waals surface area contributed by atoms with Crippen molar-refractivity contribution in [1.82, 2.24) is 14.9 Å². The van der Waals surface area contributed by atoms with Gasteiger partial charge in [0.05, 0.1) is 4.58 Å². The fraction of sp³-hybridized carbons (Fsp3) is 0.417. The molecule has 1 aromatic carbocycles. The molecule has 1 N–H and O–H groups in total. The molecule has 2 aliphatic heterocycles. The molecule has 2 saturated heterocycles. The zero-order chi connectivity index (χ0) is 21.0. The lowest BCUT2D eigenvalue weighted by molar-refractivity contribution is -0.134. The van der Waals surface area contributed by atoms with E-state index in [4.69, 9.17) is 4.74 Å². The van der Waals surface area contributed by atoms with Crippen molar-refractivity contribution in [3.05, 3.63) is 59.9 Å². The van der Waals surface area contributed by atoms with Gasteiger partial charge in [0.15, 0.2) is 6.61 Å². The Hall–Kier alpha value is -2.12. The number of pyridine rings is 1. The van der Waals surface area contributed by atoms with Crippen molar-refractivity contribution in [2.75, 3.05) is 31.2 Å². The van der Waals surface area contributed by atoms with E-state index < -0.39 is 0 Å². The van der Waals surface area contributed by atoms with Crippen molar-refractivity contribution in [2.45, 2.75) is 29.8 Å². The van der Waals surface area contributed by atoms with E-state index in [0.29, 0.717) is 10.5 Å². The molecule has 1 amide bonds. The van der Waals surface area contributed by atoms with Crippen LogP contribution in [0.25, 0.3) is 11.0 Å². The largest absolute Gasteiger partial charge is 0.484 e. The minimum Gasteiger partial charge on any atom is -0.484 e. The predicted molar refractivity (Wildman–Crippen MR) is 129 cm³/mol. The molecule has 162 valence electrons. The van der Waals surface area contributed by atoms with E-state index in [9.17, 15) is 4.79 Å². The molecule has 0 radical (unpaired) electrons. The van der Waals surface area contributed by atoms with Crippen molar-refractivity contribution in [3.8, 4) is 5.75 Å². The van der Waals surface area contributed by atoms with Crippen LogP contribution in [-0.4, -0.2) is 52.0 Å². The number of fused-ring (bicyclic) bond motifs is 1. The van der Waals surface area contributed by atoms with Gasteiger partial charge < -0.3 is 14.6 Å². The molecule has 0 saturated carbocycles. The zero-order valence-corrected chi connectivity index (χ0v) is 19.1. The van der Waals surface area contributed by atoms with Gasteiger partial charge in [-0.3, -0.25) is 4.79 Å². The predicted octanol–water partition coefficient (Wildman–Crippen LogP) is 5.22. The molecule has 2 aromatic heterocycles. The summed E-state index contributed by atoms with van der Waals surface area (Å²) in [6, 6.07) is 12.4. The normalized spacial score (nSPS) is 18.4. The number of carbonyl (C=O) groups is 1. The molecule has 3 aromatic rings. The molecule has 0 bridgehead atoms. The Bertz CT molecular complexity index is 1020. The first kappa shape index (κ1) is 20.8. The van der Waals surface area contributed by atoms with Crippen LogP contribution in [0.3, 0.4) is 0 Å². The Labute approximate surface area is 191 Å². The highest BCUT2D eigenvalue weighted by Crippen LogP contribution is 2.43. The second-order valence-electron chi connectivity index (χ2n) is 8.08. The minimum absolute atomic E-state index is 0.0708. The highest BCUT2D eigenvalue weighted by Gasteiger charge is 2.26. The van der Waals surface area contributed by atoms with E-state index in [2.05, 4.69) is 34.4 Å². The van der Waals surface area contributed by atoms with Gasteiger partial charge in [0, 0.05) is 30.9 Å². The molecule has 0 spiro atoms. The van der Waals surface area contributed by atoms with E-state index in [0.717, 1.165) is 37.3 Å². The van der Waals surface area contributed by atoms with Crippen LogP contribution in [0.2, 0.25) is 0 Å². The van der Waals surface area contributed by atoms with Crippen LogP contribution in [-0.2, 0) is 4.79 Å². The van der Waals surface area contributed by atoms with Crippen LogP contribution in [0.15, 0.2) is 48.8 Å². The number of hydrogen-bond donors (Lipinski definition) is 1. The summed E-state index contributed by atoms with van der Waals surface area (Å²) in [6.45, 7) is 1.65. The average Bonchev–Trinajstić information content (AvgIpc) is 3.28. The zero-order valence-electron chi connectivity index (χ0n) is 17.5. The lowest BCUT2D eigenvalue weighted by atomic mass is 9.89. The monoisotopic (exact) mass is 453 g/mol. The summed E-state index contributed by atoms with van der Waals surface area (Å²) >= 11 is 4.03. The van der Waals surface area contributed by atoms with Crippen LogP contribution >= 0.6 is 23.5 Å². The summed E-state index contributed by atoms with van der Waals surface area (Å²) in [6.07, 6.45) is 7.13. The molecular weight excluding hydrogens is 426 g/mol. The number of amides is 1. The number of carbonyl (C=O) groups excluding carboxylic acids is 1. The topological polar surface area (TPSA) is 58.2 Å². The van der Waals surface area contributed by atoms with Gasteiger partial charge in [-0.25, -0.2) is 4.98 Å². The average molecular weight is 454 g/mol. The van der Waals surface area contributed by atoms with Crippen LogP contribution < -0.4 is 4.74 Å². The Morgan fingerprint density at radius 2 is 1.90 bits per heavy atom. The maximum absolute atomic E-state index is 12.7. The summed E-state index contributed by atoms with van der Waals surface area (Å²) < 4.78 is 6.33. The lowest BCUT2D eigenvalue weighted by Crippen LogP contribution is -2.40. The maximum Gasteiger partial charge on any atom is 0.260 e. The molecule has 0 unspecified atom stereocenters. The van der Waals surface area contributed by atoms with Gasteiger partial charge in [0.25, 0.3) is 5.91 Å². The molecule has 2 fully saturated rings. The van der Waals surface area contributed by atoms with Gasteiger partial charge in [-0.2, -0.15) is 0 Å². The van der Waals surface area contributed by atoms with E-state index in [1.165, 1.54) is 34.4 Å². The lowest BCUT2D eigenvalue weighted by Gasteiger charge is -2.32. The van der Waals surface area contributed by atoms with E-state index in [-0.39, 0.29) is 12.5 Å². The SMILES string of the molecule is O=C(COc1ccc(C2SCCCS2)cc1)N1CCC(c2c[nH]c3ncccc23)CC1. The first-order valence-corrected chi connectivity index (χ1v) is 13.0. The van der Waals surface area contributed by atoms with E-state index in [1.807, 2.05) is 52.8 Å². The van der Waals surface area contributed by atoms with Gasteiger partial charge in [-0.05, 0) is 72.1 Å². The van der Waals surface area contributed by atoms with Gasteiger partial charge in [0.2, 0.25) is 0 Å². The number of aromatic amines is 1. The fourth-order valence-electron chi connectivity index (χ4n) is 4.39. The summed E-state index contributed by atoms with van der Waals surface area (Å²) in [4.78, 5) is 22.3. The van der Waals surface area contributed by atoms with Gasteiger partial charge in [-0.15, -0.1) is 23.5 Å². The van der Waals surface area contributed by atoms with Crippen molar-refractivity contribution >= 4 is 40.5 Å². The highest BCUT2D eigenvalue weighted by molar-refractivity contribution is 8.16. The van der Waals surface area contributed by atoms with Crippen molar-refractivity contribution in [1.29, 1.82) is 0 Å². The molecule has 7 heteroatoms. The van der Waals surface area contributed by atoms with Crippen molar-refractivity contribution < 1.29 is 9.53 Å². The second kappa shape index (κ2) is 9.57. The third kappa shape index (κ3) is 4.72. The Morgan fingerprint density at radius 1 is 1.13 bits per heavy atom. The standard InChI is InChI=1S/C24H27N3O2S2/c28-22(16-29-19-6-4-18(5-7-19)24-30-13-2-14-31-24)27-11-8-17(9-12-27)21-15-26-23-20(21)3-1-10-25-23/h1,3-7,10,15,17,24H,2,8-9,11-14,16H2,(H,25,26). The minimum atomic E-state index is 0.0708. The second-order valence-corrected chi connectivity index (χ2v) is 10.8. The summed E-state index contributed by atoms with van der Waals surface area (Å²) in [5.74, 6) is 3.77. The molecule has 2 aliphatic rings. The third-order valence-electron chi connectivity index (χ3n) is 6.11. The Morgan fingerprint density at radius 3 is 2.68 bits per heavy atom. The molecule has 0 aliphatic carbocycles. The number of ether oxygens (including phenoxy) is 1. The van der Waals surface area contributed by atoms with Crippen LogP contribution in [0.1, 0.15) is 40.9 Å². The Balaban J connectivity index is 1.12. The first-order chi connectivity index (χ1) is 15.3. The molecule has 31 heavy (non-hydrogen) atoms. The molecule has 4 heterocycles. The number of aromatic nitrogens is 2.